The molecular formula is C68H117NO8. The summed E-state index contributed by atoms with van der Waals surface area (Å²) < 4.78 is 22.7. The normalized spacial score (nSPS) is 13.4. The van der Waals surface area contributed by atoms with Gasteiger partial charge in [0.25, 0.3) is 0 Å². The molecule has 0 aromatic rings. The molecule has 2 atom stereocenters. The zero-order valence-electron chi connectivity index (χ0n) is 50.3. The van der Waals surface area contributed by atoms with E-state index in [1.54, 1.807) is 0 Å². The maximum absolute atomic E-state index is 12.9. The van der Waals surface area contributed by atoms with Gasteiger partial charge in [0.2, 0.25) is 0 Å². The predicted octanol–water partition coefficient (Wildman–Crippen LogP) is 17.6. The van der Waals surface area contributed by atoms with Crippen LogP contribution in [0.1, 0.15) is 258 Å². The third-order valence-corrected chi connectivity index (χ3v) is 13.3. The molecule has 2 unspecified atom stereocenters. The number of likely N-dealkylation sites (N-methyl/N-ethyl adjacent to an activating group) is 1. The van der Waals surface area contributed by atoms with Crippen molar-refractivity contribution in [3.63, 3.8) is 0 Å². The Hall–Kier alpha value is -3.79. The van der Waals surface area contributed by atoms with Crippen LogP contribution in [0.4, 0.5) is 0 Å². The van der Waals surface area contributed by atoms with Gasteiger partial charge < -0.3 is 33.3 Å². The van der Waals surface area contributed by atoms with Gasteiger partial charge in [0, 0.05) is 12.8 Å². The largest absolute Gasteiger partial charge is 0.545 e. The van der Waals surface area contributed by atoms with Gasteiger partial charge in [-0.2, -0.15) is 0 Å². The number of aliphatic carboxylic acids is 1. The van der Waals surface area contributed by atoms with Crippen LogP contribution in [-0.4, -0.2) is 82.3 Å². The molecule has 77 heavy (non-hydrogen) atoms. The summed E-state index contributed by atoms with van der Waals surface area (Å²) in [6.45, 7) is 4.52. The van der Waals surface area contributed by atoms with Crippen LogP contribution in [0.3, 0.4) is 0 Å². The van der Waals surface area contributed by atoms with Crippen molar-refractivity contribution >= 4 is 17.9 Å². The highest BCUT2D eigenvalue weighted by atomic mass is 16.7. The van der Waals surface area contributed by atoms with Gasteiger partial charge in [0.05, 0.1) is 40.3 Å². The summed E-state index contributed by atoms with van der Waals surface area (Å²) in [5.41, 5.74) is 0. The summed E-state index contributed by atoms with van der Waals surface area (Å²) in [4.78, 5) is 37.3. The molecule has 0 heterocycles. The lowest BCUT2D eigenvalue weighted by Crippen LogP contribution is -2.44. The quantitative estimate of drug-likeness (QED) is 0.0195. The van der Waals surface area contributed by atoms with E-state index >= 15 is 0 Å². The number of carbonyl (C=O) groups excluding carboxylic acids is 3. The zero-order chi connectivity index (χ0) is 56.2. The van der Waals surface area contributed by atoms with Crippen molar-refractivity contribution in [1.82, 2.24) is 0 Å². The van der Waals surface area contributed by atoms with Gasteiger partial charge in [-0.05, 0) is 89.9 Å². The standard InChI is InChI=1S/C68H117NO8/c1-6-8-10-12-14-16-18-20-22-24-25-26-27-28-29-30-31-32-33-34-35-36-37-38-39-40-41-43-45-47-49-51-53-55-57-59-66(71)77-64(63-76-68(67(72)73)74-61-60-69(3,4)5)62-75-65(70)58-56-54-52-50-48-46-44-42-23-21-19-17-15-13-11-9-7-2/h8-11,14-17,20-23,25-26,28-29,64,68H,6-7,12-13,18-19,24,27,30-63H2,1-5H3/b10-8-,11-9-,16-14-,17-15-,22-20-,23-21-,26-25-,29-28-. The number of carbonyl (C=O) groups is 3. The van der Waals surface area contributed by atoms with Gasteiger partial charge in [0.15, 0.2) is 12.4 Å². The molecule has 0 aliphatic heterocycles. The molecule has 0 saturated carbocycles. The number of allylic oxidation sites excluding steroid dienone is 16. The van der Waals surface area contributed by atoms with Crippen molar-refractivity contribution < 1.29 is 42.9 Å². The highest BCUT2D eigenvalue weighted by Gasteiger charge is 2.22. The summed E-state index contributed by atoms with van der Waals surface area (Å²) >= 11 is 0. The van der Waals surface area contributed by atoms with Gasteiger partial charge in [-0.15, -0.1) is 0 Å². The van der Waals surface area contributed by atoms with Crippen molar-refractivity contribution in [2.45, 2.75) is 270 Å². The maximum atomic E-state index is 12.9. The van der Waals surface area contributed by atoms with Crippen molar-refractivity contribution in [1.29, 1.82) is 0 Å². The number of hydrogen-bond acceptors (Lipinski definition) is 8. The Labute approximate surface area is 473 Å². The Morgan fingerprint density at radius 3 is 1.04 bits per heavy atom. The minimum Gasteiger partial charge on any atom is -0.545 e. The second kappa shape index (κ2) is 58.4. The molecule has 9 nitrogen and oxygen atoms in total. The first-order chi connectivity index (χ1) is 37.6. The SMILES string of the molecule is CC/C=C\C/C=C\C/C=C\C/C=C\C/C=C\CCCCCCCCCCCCCCCCCCCCCC(=O)OC(COC(=O)CCCCCCCCC/C=C\C/C=C\C/C=C\CC)COC(OCC[N+](C)(C)C)C(=O)[O-]. The topological polar surface area (TPSA) is 111 Å². The lowest BCUT2D eigenvalue weighted by atomic mass is 10.0. The van der Waals surface area contributed by atoms with Crippen molar-refractivity contribution in [3.05, 3.63) is 97.2 Å². The summed E-state index contributed by atoms with van der Waals surface area (Å²) in [5, 5.41) is 11.8. The smallest absolute Gasteiger partial charge is 0.306 e. The summed E-state index contributed by atoms with van der Waals surface area (Å²) in [5.74, 6) is -2.29. The lowest BCUT2D eigenvalue weighted by molar-refractivity contribution is -0.870. The fourth-order valence-corrected chi connectivity index (χ4v) is 8.58. The summed E-state index contributed by atoms with van der Waals surface area (Å²) in [6, 6.07) is 0. The van der Waals surface area contributed by atoms with Crippen LogP contribution in [0.25, 0.3) is 0 Å². The molecule has 0 fully saturated rings. The van der Waals surface area contributed by atoms with E-state index in [9.17, 15) is 19.5 Å². The number of carboxylic acids is 1. The lowest BCUT2D eigenvalue weighted by Gasteiger charge is -2.26. The zero-order valence-corrected chi connectivity index (χ0v) is 50.3. The van der Waals surface area contributed by atoms with Gasteiger partial charge in [-0.3, -0.25) is 9.59 Å². The van der Waals surface area contributed by atoms with Gasteiger partial charge >= 0.3 is 11.9 Å². The monoisotopic (exact) mass is 1080 g/mol. The van der Waals surface area contributed by atoms with Crippen LogP contribution in [0, 0.1) is 0 Å². The van der Waals surface area contributed by atoms with E-state index in [0.29, 0.717) is 17.4 Å². The molecule has 0 bridgehead atoms. The second-order valence-corrected chi connectivity index (χ2v) is 21.9. The number of hydrogen-bond donors (Lipinski definition) is 0. The number of quaternary nitrogens is 1. The molecule has 0 rings (SSSR count). The number of rotatable bonds is 57. The predicted molar refractivity (Wildman–Crippen MR) is 324 cm³/mol. The second-order valence-electron chi connectivity index (χ2n) is 21.9. The number of carboxylic acid groups (broad SMARTS) is 1. The molecule has 442 valence electrons. The van der Waals surface area contributed by atoms with E-state index in [4.69, 9.17) is 18.9 Å². The Balaban J connectivity index is 4.09. The Morgan fingerprint density at radius 1 is 0.390 bits per heavy atom. The van der Waals surface area contributed by atoms with Crippen LogP contribution in [0.15, 0.2) is 97.2 Å². The Kier molecular flexibility index (Phi) is 55.5. The fourth-order valence-electron chi connectivity index (χ4n) is 8.58. The van der Waals surface area contributed by atoms with Gasteiger partial charge in [0.1, 0.15) is 13.2 Å². The first-order valence-electron chi connectivity index (χ1n) is 31.4. The summed E-state index contributed by atoms with van der Waals surface area (Å²) in [6.07, 6.45) is 76.2. The summed E-state index contributed by atoms with van der Waals surface area (Å²) in [7, 11) is 5.92. The van der Waals surface area contributed by atoms with E-state index < -0.39 is 24.3 Å². The Morgan fingerprint density at radius 2 is 0.701 bits per heavy atom. The first kappa shape index (κ1) is 73.2. The third kappa shape index (κ3) is 59.7. The molecule has 0 aliphatic carbocycles. The van der Waals surface area contributed by atoms with Gasteiger partial charge in [-0.25, -0.2) is 0 Å². The van der Waals surface area contributed by atoms with E-state index in [0.717, 1.165) is 96.3 Å². The molecule has 0 aromatic carbocycles. The fraction of sp³-hybridized carbons (Fsp3) is 0.721. The molecule has 0 spiro atoms. The molecular weight excluding hydrogens is 959 g/mol. The number of ether oxygens (including phenoxy) is 4. The average Bonchev–Trinajstić information content (AvgIpc) is 3.40. The molecule has 0 N–H and O–H groups in total. The maximum Gasteiger partial charge on any atom is 0.306 e. The van der Waals surface area contributed by atoms with E-state index in [1.807, 2.05) is 21.1 Å². The molecule has 0 amide bonds. The van der Waals surface area contributed by atoms with E-state index in [1.165, 1.54) is 128 Å². The van der Waals surface area contributed by atoms with Crippen LogP contribution in [0.5, 0.6) is 0 Å². The minimum absolute atomic E-state index is 0.143. The minimum atomic E-state index is -1.63. The highest BCUT2D eigenvalue weighted by Crippen LogP contribution is 2.17. The van der Waals surface area contributed by atoms with Gasteiger partial charge in [-0.1, -0.05) is 252 Å². The van der Waals surface area contributed by atoms with Crippen molar-refractivity contribution in [2.75, 3.05) is 47.5 Å². The van der Waals surface area contributed by atoms with E-state index in [2.05, 4.69) is 111 Å². The third-order valence-electron chi connectivity index (χ3n) is 13.3. The highest BCUT2D eigenvalue weighted by molar-refractivity contribution is 5.70. The molecule has 0 radical (unpaired) electrons. The van der Waals surface area contributed by atoms with Crippen molar-refractivity contribution in [2.24, 2.45) is 0 Å². The molecule has 0 saturated heterocycles. The van der Waals surface area contributed by atoms with Crippen LogP contribution >= 0.6 is 0 Å². The average molecular weight is 1080 g/mol. The van der Waals surface area contributed by atoms with Crippen molar-refractivity contribution in [3.8, 4) is 0 Å². The number of unbranched alkanes of at least 4 members (excludes halogenated alkanes) is 26. The van der Waals surface area contributed by atoms with Crippen LogP contribution in [0.2, 0.25) is 0 Å². The molecule has 9 heteroatoms. The Bertz CT molecular complexity index is 1580. The first-order valence-corrected chi connectivity index (χ1v) is 31.4. The van der Waals surface area contributed by atoms with Crippen LogP contribution in [-0.2, 0) is 33.3 Å². The number of nitrogens with zero attached hydrogens (tertiary/aromatic N) is 1. The molecule has 0 aliphatic rings. The van der Waals surface area contributed by atoms with E-state index in [-0.39, 0.29) is 38.6 Å². The number of esters is 2. The molecule has 0 aromatic heterocycles. The van der Waals surface area contributed by atoms with Crippen LogP contribution < -0.4 is 5.11 Å².